The molecule has 1 heterocycles. The van der Waals surface area contributed by atoms with Crippen LogP contribution in [-0.2, 0) is 0 Å². The summed E-state index contributed by atoms with van der Waals surface area (Å²) in [5, 5.41) is 3.52. The Labute approximate surface area is 133 Å². The quantitative estimate of drug-likeness (QED) is 0.858. The van der Waals surface area contributed by atoms with Crippen LogP contribution in [0.1, 0.15) is 25.7 Å². The second kappa shape index (κ2) is 7.77. The minimum absolute atomic E-state index is 0.125. The van der Waals surface area contributed by atoms with Gasteiger partial charge in [-0.3, -0.25) is 4.90 Å². The number of halogens is 3. The molecule has 0 aromatic heterocycles. The smallest absolute Gasteiger partial charge is 0.334 e. The normalized spacial score (nSPS) is 27.7. The molecule has 0 radical (unpaired) electrons. The van der Waals surface area contributed by atoms with Gasteiger partial charge in [-0.25, -0.2) is 4.79 Å². The van der Waals surface area contributed by atoms with Gasteiger partial charge in [0.05, 0.1) is 6.54 Å². The predicted octanol–water partition coefficient (Wildman–Crippen LogP) is 2.55. The average molecular weight is 339 g/mol. The van der Waals surface area contributed by atoms with Crippen molar-refractivity contribution >= 4 is 17.8 Å². The third-order valence-electron chi connectivity index (χ3n) is 4.34. The minimum Gasteiger partial charge on any atom is -0.334 e. The van der Waals surface area contributed by atoms with E-state index < -0.39 is 12.7 Å². The summed E-state index contributed by atoms with van der Waals surface area (Å²) in [6.07, 6.45) is 1.69. The van der Waals surface area contributed by atoms with E-state index in [0.29, 0.717) is 31.3 Å². The Balaban J connectivity index is 1.81. The number of amides is 2. The van der Waals surface area contributed by atoms with Gasteiger partial charge in [-0.05, 0) is 25.5 Å². The maximum absolute atomic E-state index is 12.4. The Bertz CT molecular complexity index is 381. The molecule has 0 unspecified atom stereocenters. The summed E-state index contributed by atoms with van der Waals surface area (Å²) >= 11 is 1.77. The van der Waals surface area contributed by atoms with Crippen molar-refractivity contribution in [3.05, 3.63) is 0 Å². The molecule has 0 aromatic rings. The molecule has 22 heavy (non-hydrogen) atoms. The number of hydrogen-bond acceptors (Lipinski definition) is 3. The van der Waals surface area contributed by atoms with Gasteiger partial charge in [0.25, 0.3) is 0 Å². The fraction of sp³-hybridized carbons (Fsp3) is 0.929. The fourth-order valence-corrected chi connectivity index (χ4v) is 4.14. The van der Waals surface area contributed by atoms with Crippen molar-refractivity contribution in [3.8, 4) is 0 Å². The summed E-state index contributed by atoms with van der Waals surface area (Å²) in [5.74, 6) is 0. The SMILES string of the molecule is CS[C@H]1CCC[C@H]1NC(=O)N1CCCN(CC(F)(F)F)CC1. The highest BCUT2D eigenvalue weighted by Gasteiger charge is 2.33. The van der Waals surface area contributed by atoms with E-state index in [9.17, 15) is 18.0 Å². The van der Waals surface area contributed by atoms with Crippen molar-refractivity contribution in [2.75, 3.05) is 39.0 Å². The molecule has 8 heteroatoms. The monoisotopic (exact) mass is 339 g/mol. The zero-order valence-electron chi connectivity index (χ0n) is 12.9. The first-order valence-electron chi connectivity index (χ1n) is 7.76. The Morgan fingerprint density at radius 3 is 2.64 bits per heavy atom. The molecule has 1 N–H and O–H groups in total. The van der Waals surface area contributed by atoms with Crippen LogP contribution in [0.25, 0.3) is 0 Å². The second-order valence-electron chi connectivity index (χ2n) is 5.99. The van der Waals surface area contributed by atoms with Crippen molar-refractivity contribution in [1.29, 1.82) is 0 Å². The summed E-state index contributed by atoms with van der Waals surface area (Å²) in [6.45, 7) is 0.665. The van der Waals surface area contributed by atoms with E-state index in [-0.39, 0.29) is 18.6 Å². The molecule has 2 atom stereocenters. The van der Waals surface area contributed by atoms with Crippen LogP contribution in [0.5, 0.6) is 0 Å². The van der Waals surface area contributed by atoms with E-state index in [0.717, 1.165) is 19.3 Å². The number of carbonyl (C=O) groups is 1. The third-order valence-corrected chi connectivity index (χ3v) is 5.51. The lowest BCUT2D eigenvalue weighted by Gasteiger charge is -2.26. The molecule has 0 bridgehead atoms. The van der Waals surface area contributed by atoms with Crippen LogP contribution in [0.2, 0.25) is 0 Å². The Morgan fingerprint density at radius 1 is 1.18 bits per heavy atom. The van der Waals surface area contributed by atoms with Crippen LogP contribution in [0, 0.1) is 0 Å². The van der Waals surface area contributed by atoms with Crippen molar-refractivity contribution in [3.63, 3.8) is 0 Å². The average Bonchev–Trinajstić information content (AvgIpc) is 2.74. The van der Waals surface area contributed by atoms with Gasteiger partial charge in [-0.1, -0.05) is 6.42 Å². The van der Waals surface area contributed by atoms with Gasteiger partial charge < -0.3 is 10.2 Å². The van der Waals surface area contributed by atoms with Crippen molar-refractivity contribution < 1.29 is 18.0 Å². The van der Waals surface area contributed by atoms with Crippen LogP contribution in [0.3, 0.4) is 0 Å². The first-order chi connectivity index (χ1) is 10.4. The number of alkyl halides is 3. The van der Waals surface area contributed by atoms with E-state index in [1.807, 2.05) is 0 Å². The molecule has 0 spiro atoms. The zero-order chi connectivity index (χ0) is 16.2. The lowest BCUT2D eigenvalue weighted by molar-refractivity contribution is -0.145. The largest absolute Gasteiger partial charge is 0.401 e. The van der Waals surface area contributed by atoms with Crippen LogP contribution in [0.15, 0.2) is 0 Å². The molecule has 1 saturated heterocycles. The Morgan fingerprint density at radius 2 is 1.95 bits per heavy atom. The topological polar surface area (TPSA) is 35.6 Å². The van der Waals surface area contributed by atoms with Crippen molar-refractivity contribution in [1.82, 2.24) is 15.1 Å². The van der Waals surface area contributed by atoms with Gasteiger partial charge in [0.2, 0.25) is 0 Å². The summed E-state index contributed by atoms with van der Waals surface area (Å²) in [6, 6.07) is 0.0665. The highest BCUT2D eigenvalue weighted by Crippen LogP contribution is 2.28. The molecule has 2 rings (SSSR count). The van der Waals surface area contributed by atoms with Gasteiger partial charge in [0.15, 0.2) is 0 Å². The molecule has 0 aromatic carbocycles. The maximum Gasteiger partial charge on any atom is 0.401 e. The van der Waals surface area contributed by atoms with E-state index in [1.165, 1.54) is 4.90 Å². The molecule has 2 amide bonds. The highest BCUT2D eigenvalue weighted by molar-refractivity contribution is 7.99. The summed E-state index contributed by atoms with van der Waals surface area (Å²) in [7, 11) is 0. The highest BCUT2D eigenvalue weighted by atomic mass is 32.2. The molecule has 1 saturated carbocycles. The van der Waals surface area contributed by atoms with Crippen LogP contribution >= 0.6 is 11.8 Å². The van der Waals surface area contributed by atoms with Gasteiger partial charge in [0, 0.05) is 37.5 Å². The van der Waals surface area contributed by atoms with Gasteiger partial charge >= 0.3 is 12.2 Å². The van der Waals surface area contributed by atoms with Crippen molar-refractivity contribution in [2.45, 2.75) is 43.2 Å². The zero-order valence-corrected chi connectivity index (χ0v) is 13.7. The van der Waals surface area contributed by atoms with Crippen LogP contribution in [0.4, 0.5) is 18.0 Å². The molecule has 1 aliphatic heterocycles. The second-order valence-corrected chi connectivity index (χ2v) is 7.07. The van der Waals surface area contributed by atoms with Crippen LogP contribution < -0.4 is 5.32 Å². The molecule has 2 fully saturated rings. The Kier molecular flexibility index (Phi) is 6.26. The molecule has 2 aliphatic rings. The fourth-order valence-electron chi connectivity index (χ4n) is 3.21. The van der Waals surface area contributed by atoms with E-state index in [4.69, 9.17) is 0 Å². The number of thioether (sulfide) groups is 1. The molecule has 128 valence electrons. The number of nitrogens with zero attached hydrogens (tertiary/aromatic N) is 2. The van der Waals surface area contributed by atoms with Gasteiger partial charge in [-0.15, -0.1) is 0 Å². The van der Waals surface area contributed by atoms with E-state index >= 15 is 0 Å². The first-order valence-corrected chi connectivity index (χ1v) is 9.05. The third kappa shape index (κ3) is 5.22. The van der Waals surface area contributed by atoms with Crippen molar-refractivity contribution in [2.24, 2.45) is 0 Å². The molecular weight excluding hydrogens is 315 g/mol. The van der Waals surface area contributed by atoms with Gasteiger partial charge in [-0.2, -0.15) is 24.9 Å². The maximum atomic E-state index is 12.4. The standard InChI is InChI=1S/C14H24F3N3OS/c1-22-12-5-2-4-11(12)18-13(21)20-7-3-6-19(8-9-20)10-14(15,16)17/h11-12H,2-10H2,1H3,(H,18,21)/t11-,12+/m1/s1. The number of nitrogens with one attached hydrogen (secondary N) is 1. The lowest BCUT2D eigenvalue weighted by atomic mass is 10.2. The first kappa shape index (κ1) is 17.7. The van der Waals surface area contributed by atoms with Crippen LogP contribution in [-0.4, -0.2) is 72.3 Å². The number of carbonyl (C=O) groups excluding carboxylic acids is 1. The molecule has 1 aliphatic carbocycles. The predicted molar refractivity (Wildman–Crippen MR) is 82.2 cm³/mol. The Hall–Kier alpha value is -0.630. The van der Waals surface area contributed by atoms with Gasteiger partial charge in [0.1, 0.15) is 0 Å². The summed E-state index contributed by atoms with van der Waals surface area (Å²) in [4.78, 5) is 15.4. The lowest BCUT2D eigenvalue weighted by Crippen LogP contribution is -2.48. The summed E-state index contributed by atoms with van der Waals surface area (Å²) < 4.78 is 37.3. The number of rotatable bonds is 3. The number of urea groups is 1. The van der Waals surface area contributed by atoms with E-state index in [1.54, 1.807) is 16.7 Å². The molecule has 4 nitrogen and oxygen atoms in total. The minimum atomic E-state index is -4.17. The molecular formula is C14H24F3N3OS. The summed E-state index contributed by atoms with van der Waals surface area (Å²) in [5.41, 5.74) is 0. The number of hydrogen-bond donors (Lipinski definition) is 1. The van der Waals surface area contributed by atoms with E-state index in [2.05, 4.69) is 11.6 Å².